The van der Waals surface area contributed by atoms with E-state index in [1.807, 2.05) is 6.92 Å². The van der Waals surface area contributed by atoms with Crippen LogP contribution in [-0.2, 0) is 6.54 Å². The van der Waals surface area contributed by atoms with E-state index in [0.717, 1.165) is 5.56 Å². The number of nitrogens with one attached hydrogen (secondary N) is 1. The Bertz CT molecular complexity index is 630. The zero-order valence-corrected chi connectivity index (χ0v) is 11.5. The fraction of sp³-hybridized carbons (Fsp3) is 0.385. The van der Waals surface area contributed by atoms with Gasteiger partial charge in [0.05, 0.1) is 6.20 Å². The van der Waals surface area contributed by atoms with E-state index in [2.05, 4.69) is 10.4 Å². The Kier molecular flexibility index (Phi) is 3.87. The highest BCUT2D eigenvalue weighted by molar-refractivity contribution is 6.03. The molecule has 0 atom stereocenters. The zero-order chi connectivity index (χ0) is 14.9. The lowest BCUT2D eigenvalue weighted by Gasteiger charge is -2.12. The highest BCUT2D eigenvalue weighted by Gasteiger charge is 2.20. The predicted octanol–water partition coefficient (Wildman–Crippen LogP) is 2.97. The van der Waals surface area contributed by atoms with Gasteiger partial charge in [0.2, 0.25) is 0 Å². The molecule has 7 heteroatoms. The number of halogens is 2. The molecule has 2 rings (SSSR count). The molecule has 0 saturated heterocycles. The summed E-state index contributed by atoms with van der Waals surface area (Å²) in [6.07, 6.45) is 1.62. The first-order valence-corrected chi connectivity index (χ1v) is 6.25. The summed E-state index contributed by atoms with van der Waals surface area (Å²) >= 11 is 0. The number of hydrogen-bond donors (Lipinski definition) is 1. The van der Waals surface area contributed by atoms with Crippen LogP contribution in [0.15, 0.2) is 18.3 Å². The maximum atomic E-state index is 13.0. The van der Waals surface area contributed by atoms with Gasteiger partial charge >= 0.3 is 6.55 Å². The molecule has 0 aromatic carbocycles. The Morgan fingerprint density at radius 3 is 2.70 bits per heavy atom. The highest BCUT2D eigenvalue weighted by Crippen LogP contribution is 2.21. The van der Waals surface area contributed by atoms with Gasteiger partial charge in [-0.05, 0) is 32.9 Å². The maximum absolute atomic E-state index is 13.0. The van der Waals surface area contributed by atoms with E-state index in [-0.39, 0.29) is 5.69 Å². The zero-order valence-electron chi connectivity index (χ0n) is 11.5. The molecule has 20 heavy (non-hydrogen) atoms. The van der Waals surface area contributed by atoms with Crippen molar-refractivity contribution in [3.8, 4) is 0 Å². The minimum Gasteiger partial charge on any atom is -0.305 e. The number of amides is 1. The van der Waals surface area contributed by atoms with Crippen molar-refractivity contribution in [2.75, 3.05) is 5.32 Å². The SMILES string of the molecule is CCn1ncc(C)c1NC(=O)c1ccc(C)n1C(F)F. The summed E-state index contributed by atoms with van der Waals surface area (Å²) in [6, 6.07) is 2.88. The van der Waals surface area contributed by atoms with E-state index >= 15 is 0 Å². The van der Waals surface area contributed by atoms with Gasteiger partial charge < -0.3 is 5.32 Å². The van der Waals surface area contributed by atoms with Crippen molar-refractivity contribution in [2.45, 2.75) is 33.9 Å². The number of nitrogens with zero attached hydrogens (tertiary/aromatic N) is 3. The van der Waals surface area contributed by atoms with Crippen molar-refractivity contribution < 1.29 is 13.6 Å². The Hall–Kier alpha value is -2.18. The van der Waals surface area contributed by atoms with Crippen molar-refractivity contribution in [1.82, 2.24) is 14.3 Å². The van der Waals surface area contributed by atoms with Gasteiger partial charge in [0.25, 0.3) is 5.91 Å². The molecule has 0 unspecified atom stereocenters. The van der Waals surface area contributed by atoms with Crippen molar-refractivity contribution in [3.05, 3.63) is 35.3 Å². The summed E-state index contributed by atoms with van der Waals surface area (Å²) in [5.74, 6) is -0.0473. The first-order chi connectivity index (χ1) is 9.45. The molecular weight excluding hydrogens is 266 g/mol. The molecule has 0 radical (unpaired) electrons. The van der Waals surface area contributed by atoms with E-state index < -0.39 is 12.5 Å². The number of aromatic nitrogens is 3. The maximum Gasteiger partial charge on any atom is 0.319 e. The molecule has 0 fully saturated rings. The number of alkyl halides is 2. The second-order valence-corrected chi connectivity index (χ2v) is 4.45. The first kappa shape index (κ1) is 14.2. The molecule has 0 aliphatic carbocycles. The van der Waals surface area contributed by atoms with Crippen LogP contribution in [0, 0.1) is 13.8 Å². The molecule has 2 aromatic rings. The number of carbonyl (C=O) groups is 1. The number of hydrogen-bond acceptors (Lipinski definition) is 2. The fourth-order valence-electron chi connectivity index (χ4n) is 2.05. The average molecular weight is 282 g/mol. The molecule has 5 nitrogen and oxygen atoms in total. The monoisotopic (exact) mass is 282 g/mol. The molecule has 2 heterocycles. The standard InChI is InChI=1S/C13H16F2N4O/c1-4-18-11(8(2)7-16-18)17-12(20)10-6-5-9(3)19(10)13(14)15/h5-7,13H,4H2,1-3H3,(H,17,20). The van der Waals surface area contributed by atoms with Gasteiger partial charge in [-0.15, -0.1) is 0 Å². The summed E-state index contributed by atoms with van der Waals surface area (Å²) in [5, 5.41) is 6.73. The largest absolute Gasteiger partial charge is 0.319 e. The number of aryl methyl sites for hydroxylation is 3. The van der Waals surface area contributed by atoms with Gasteiger partial charge in [-0.3, -0.25) is 9.36 Å². The van der Waals surface area contributed by atoms with Gasteiger partial charge in [-0.25, -0.2) is 4.68 Å². The Balaban J connectivity index is 2.31. The predicted molar refractivity (Wildman–Crippen MR) is 71.0 cm³/mol. The van der Waals surface area contributed by atoms with E-state index in [4.69, 9.17) is 0 Å². The highest BCUT2D eigenvalue weighted by atomic mass is 19.3. The van der Waals surface area contributed by atoms with Crippen molar-refractivity contribution in [3.63, 3.8) is 0 Å². The molecule has 0 spiro atoms. The summed E-state index contributed by atoms with van der Waals surface area (Å²) in [6.45, 7) is 3.05. The van der Waals surface area contributed by atoms with Crippen LogP contribution in [0.3, 0.4) is 0 Å². The number of carbonyl (C=O) groups excluding carboxylic acids is 1. The van der Waals surface area contributed by atoms with Crippen LogP contribution < -0.4 is 5.32 Å². The van der Waals surface area contributed by atoms with Crippen LogP contribution in [0.2, 0.25) is 0 Å². The van der Waals surface area contributed by atoms with Gasteiger partial charge in [-0.1, -0.05) is 0 Å². The molecule has 1 amide bonds. The lowest BCUT2D eigenvalue weighted by molar-refractivity contribution is 0.0632. The van der Waals surface area contributed by atoms with Crippen LogP contribution in [0.5, 0.6) is 0 Å². The van der Waals surface area contributed by atoms with Crippen LogP contribution >= 0.6 is 0 Å². The van der Waals surface area contributed by atoms with Crippen molar-refractivity contribution >= 4 is 11.7 Å². The molecule has 1 N–H and O–H groups in total. The molecule has 0 aliphatic heterocycles. The average Bonchev–Trinajstić information content (AvgIpc) is 2.94. The van der Waals surface area contributed by atoms with Gasteiger partial charge in [0, 0.05) is 17.8 Å². The van der Waals surface area contributed by atoms with E-state index in [1.54, 1.807) is 17.8 Å². The molecule has 0 saturated carbocycles. The molecular formula is C13H16F2N4O. The third kappa shape index (κ3) is 2.43. The van der Waals surface area contributed by atoms with Crippen LogP contribution in [0.25, 0.3) is 0 Å². The summed E-state index contributed by atoms with van der Waals surface area (Å²) < 4.78 is 28.2. The summed E-state index contributed by atoms with van der Waals surface area (Å²) in [7, 11) is 0. The second kappa shape index (κ2) is 5.44. The van der Waals surface area contributed by atoms with E-state index in [0.29, 0.717) is 22.6 Å². The smallest absolute Gasteiger partial charge is 0.305 e. The summed E-state index contributed by atoms with van der Waals surface area (Å²) in [4.78, 5) is 12.2. The quantitative estimate of drug-likeness (QED) is 0.937. The van der Waals surface area contributed by atoms with E-state index in [1.165, 1.54) is 19.1 Å². The summed E-state index contributed by atoms with van der Waals surface area (Å²) in [5.41, 5.74) is 1.05. The molecule has 108 valence electrons. The van der Waals surface area contributed by atoms with E-state index in [9.17, 15) is 13.6 Å². The van der Waals surface area contributed by atoms with Crippen LogP contribution in [0.4, 0.5) is 14.6 Å². The number of rotatable bonds is 4. The lowest BCUT2D eigenvalue weighted by Crippen LogP contribution is -2.20. The van der Waals surface area contributed by atoms with Gasteiger partial charge in [-0.2, -0.15) is 13.9 Å². The normalized spacial score (nSPS) is 11.1. The van der Waals surface area contributed by atoms with Crippen molar-refractivity contribution in [1.29, 1.82) is 0 Å². The lowest BCUT2D eigenvalue weighted by atomic mass is 10.3. The second-order valence-electron chi connectivity index (χ2n) is 4.45. The molecule has 2 aromatic heterocycles. The molecule has 0 aliphatic rings. The molecule has 0 bridgehead atoms. The van der Waals surface area contributed by atoms with Crippen molar-refractivity contribution in [2.24, 2.45) is 0 Å². The Morgan fingerprint density at radius 2 is 2.10 bits per heavy atom. The van der Waals surface area contributed by atoms with Gasteiger partial charge in [0.1, 0.15) is 11.5 Å². The minimum absolute atomic E-state index is 0.0687. The Morgan fingerprint density at radius 1 is 1.40 bits per heavy atom. The third-order valence-electron chi connectivity index (χ3n) is 3.10. The number of anilines is 1. The topological polar surface area (TPSA) is 51.9 Å². The fourth-order valence-corrected chi connectivity index (χ4v) is 2.05. The van der Waals surface area contributed by atoms with Crippen LogP contribution in [-0.4, -0.2) is 20.3 Å². The first-order valence-electron chi connectivity index (χ1n) is 6.25. The Labute approximate surface area is 115 Å². The minimum atomic E-state index is -2.75. The van der Waals surface area contributed by atoms with Gasteiger partial charge in [0.15, 0.2) is 0 Å². The van der Waals surface area contributed by atoms with Crippen LogP contribution in [0.1, 0.15) is 35.2 Å². The third-order valence-corrected chi connectivity index (χ3v) is 3.10.